The van der Waals surface area contributed by atoms with Crippen LogP contribution in [0, 0.1) is 17.8 Å². The number of likely N-dealkylation sites (tertiary alicyclic amines) is 1. The maximum absolute atomic E-state index is 13.2. The maximum atomic E-state index is 13.2. The van der Waals surface area contributed by atoms with Crippen molar-refractivity contribution < 1.29 is 9.59 Å². The van der Waals surface area contributed by atoms with E-state index in [-0.39, 0.29) is 42.0 Å². The van der Waals surface area contributed by atoms with Crippen molar-refractivity contribution in [3.63, 3.8) is 0 Å². The fraction of sp³-hybridized carbons (Fsp3) is 0.737. The molecule has 1 saturated carbocycles. The van der Waals surface area contributed by atoms with Crippen molar-refractivity contribution in [3.8, 4) is 0 Å². The normalized spacial score (nSPS) is 27.9. The van der Waals surface area contributed by atoms with Crippen molar-refractivity contribution in [2.24, 2.45) is 24.8 Å². The van der Waals surface area contributed by atoms with Crippen LogP contribution in [0.1, 0.15) is 37.2 Å². The van der Waals surface area contributed by atoms with Gasteiger partial charge in [0.1, 0.15) is 0 Å². The lowest BCUT2D eigenvalue weighted by Gasteiger charge is -2.34. The highest BCUT2D eigenvalue weighted by Gasteiger charge is 2.39. The lowest BCUT2D eigenvalue weighted by Crippen LogP contribution is -2.48. The van der Waals surface area contributed by atoms with Gasteiger partial charge in [-0.15, -0.1) is 12.4 Å². The van der Waals surface area contributed by atoms with E-state index in [4.69, 9.17) is 0 Å². The summed E-state index contributed by atoms with van der Waals surface area (Å²) in [6, 6.07) is 0. The Kier molecular flexibility index (Phi) is 6.42. The highest BCUT2D eigenvalue weighted by Crippen LogP contribution is 2.31. The molecule has 1 unspecified atom stereocenters. The third kappa shape index (κ3) is 4.63. The van der Waals surface area contributed by atoms with Crippen molar-refractivity contribution in [2.45, 2.75) is 31.6 Å². The number of hydrogen-bond acceptors (Lipinski definition) is 4. The van der Waals surface area contributed by atoms with Crippen molar-refractivity contribution >= 4 is 24.2 Å². The second-order valence-electron chi connectivity index (χ2n) is 8.13. The maximum Gasteiger partial charge on any atom is 0.227 e. The lowest BCUT2D eigenvalue weighted by atomic mass is 9.88. The molecule has 1 aromatic heterocycles. The van der Waals surface area contributed by atoms with Crippen LogP contribution < -0.4 is 10.6 Å². The molecule has 0 aromatic carbocycles. The topological polar surface area (TPSA) is 79.3 Å². The van der Waals surface area contributed by atoms with Crippen molar-refractivity contribution in [3.05, 3.63) is 18.0 Å². The van der Waals surface area contributed by atoms with Gasteiger partial charge in [0.05, 0.1) is 18.0 Å². The van der Waals surface area contributed by atoms with Gasteiger partial charge in [-0.25, -0.2) is 0 Å². The van der Waals surface area contributed by atoms with Gasteiger partial charge in [-0.1, -0.05) is 0 Å². The molecule has 7 nitrogen and oxygen atoms in total. The van der Waals surface area contributed by atoms with E-state index in [1.807, 2.05) is 24.3 Å². The van der Waals surface area contributed by atoms with Crippen LogP contribution in [0.4, 0.5) is 0 Å². The van der Waals surface area contributed by atoms with Gasteiger partial charge in [0.2, 0.25) is 11.8 Å². The van der Waals surface area contributed by atoms with E-state index in [1.165, 1.54) is 12.8 Å². The number of carbonyl (C=O) groups is 2. The summed E-state index contributed by atoms with van der Waals surface area (Å²) in [5, 5.41) is 10.7. The molecule has 2 saturated heterocycles. The van der Waals surface area contributed by atoms with Crippen LogP contribution in [0.25, 0.3) is 0 Å². The smallest absolute Gasteiger partial charge is 0.227 e. The SMILES string of the molecule is Cl.Cn1cc([C@H]2CNC[C@@H]2C(=O)N2CCCC(C(=O)NCC3CC3)C2)cn1. The number of amides is 2. The van der Waals surface area contributed by atoms with E-state index < -0.39 is 0 Å². The summed E-state index contributed by atoms with van der Waals surface area (Å²) in [7, 11) is 1.90. The molecule has 0 radical (unpaired) electrons. The molecule has 3 atom stereocenters. The Bertz CT molecular complexity index is 675. The molecule has 2 amide bonds. The second-order valence-corrected chi connectivity index (χ2v) is 8.13. The number of aromatic nitrogens is 2. The van der Waals surface area contributed by atoms with Crippen LogP contribution in [0.2, 0.25) is 0 Å². The minimum atomic E-state index is -0.0625. The third-order valence-corrected chi connectivity index (χ3v) is 6.05. The molecule has 1 aromatic rings. The summed E-state index contributed by atoms with van der Waals surface area (Å²) in [5.74, 6) is 1.04. The predicted octanol–water partition coefficient (Wildman–Crippen LogP) is 0.910. The first kappa shape index (κ1) is 20.1. The summed E-state index contributed by atoms with van der Waals surface area (Å²) in [4.78, 5) is 27.5. The van der Waals surface area contributed by atoms with Gasteiger partial charge in [-0.05, 0) is 37.2 Å². The average Bonchev–Trinajstić information content (AvgIpc) is 3.18. The number of nitrogens with one attached hydrogen (secondary N) is 2. The minimum absolute atomic E-state index is 0. The molecule has 0 bridgehead atoms. The number of aryl methyl sites for hydroxylation is 1. The van der Waals surface area contributed by atoms with Crippen molar-refractivity contribution in [2.75, 3.05) is 32.7 Å². The van der Waals surface area contributed by atoms with Gasteiger partial charge in [0.15, 0.2) is 0 Å². The van der Waals surface area contributed by atoms with E-state index in [2.05, 4.69) is 15.7 Å². The first-order valence-corrected chi connectivity index (χ1v) is 9.87. The Hall–Kier alpha value is -1.60. The Morgan fingerprint density at radius 1 is 1.30 bits per heavy atom. The standard InChI is InChI=1S/C19H29N5O2.ClH/c1-23-11-15(8-22-23)16-9-20-10-17(16)19(26)24-6-2-3-14(12-24)18(25)21-7-13-4-5-13;/h8,11,13-14,16-17,20H,2-7,9-10,12H2,1H3,(H,21,25);1H/t14?,16-,17+;/m1./s1. The number of piperidine rings is 1. The summed E-state index contributed by atoms with van der Waals surface area (Å²) < 4.78 is 1.79. The quantitative estimate of drug-likeness (QED) is 0.776. The highest BCUT2D eigenvalue weighted by molar-refractivity contribution is 5.85. The highest BCUT2D eigenvalue weighted by atomic mass is 35.5. The third-order valence-electron chi connectivity index (χ3n) is 6.05. The summed E-state index contributed by atoms with van der Waals surface area (Å²) in [6.45, 7) is 3.64. The fourth-order valence-electron chi connectivity index (χ4n) is 4.26. The molecule has 150 valence electrons. The van der Waals surface area contributed by atoms with E-state index in [9.17, 15) is 9.59 Å². The van der Waals surface area contributed by atoms with Gasteiger partial charge in [-0.2, -0.15) is 5.10 Å². The molecule has 2 aliphatic heterocycles. The number of rotatable bonds is 5. The minimum Gasteiger partial charge on any atom is -0.356 e. The van der Waals surface area contributed by atoms with E-state index in [1.54, 1.807) is 4.68 Å². The van der Waals surface area contributed by atoms with Crippen LogP contribution in [0.15, 0.2) is 12.4 Å². The molecule has 3 aliphatic rings. The van der Waals surface area contributed by atoms with Crippen molar-refractivity contribution in [1.29, 1.82) is 0 Å². The van der Waals surface area contributed by atoms with Crippen LogP contribution in [-0.2, 0) is 16.6 Å². The predicted molar refractivity (Wildman–Crippen MR) is 105 cm³/mol. The number of hydrogen-bond donors (Lipinski definition) is 2. The zero-order chi connectivity index (χ0) is 18.1. The summed E-state index contributed by atoms with van der Waals surface area (Å²) in [6.07, 6.45) is 8.13. The van der Waals surface area contributed by atoms with Crippen LogP contribution in [0.5, 0.6) is 0 Å². The molecule has 1 aliphatic carbocycles. The van der Waals surface area contributed by atoms with Crippen LogP contribution in [0.3, 0.4) is 0 Å². The Morgan fingerprint density at radius 2 is 2.11 bits per heavy atom. The van der Waals surface area contributed by atoms with Gasteiger partial charge < -0.3 is 15.5 Å². The molecular formula is C19H30ClN5O2. The van der Waals surface area contributed by atoms with Crippen LogP contribution in [-0.4, -0.2) is 59.2 Å². The Morgan fingerprint density at radius 3 is 2.81 bits per heavy atom. The second kappa shape index (κ2) is 8.61. The number of halogens is 1. The zero-order valence-corrected chi connectivity index (χ0v) is 16.7. The van der Waals surface area contributed by atoms with Gasteiger partial charge in [0, 0.05) is 51.9 Å². The molecule has 8 heteroatoms. The molecule has 3 heterocycles. The summed E-state index contributed by atoms with van der Waals surface area (Å²) >= 11 is 0. The molecule has 4 rings (SSSR count). The molecular weight excluding hydrogens is 366 g/mol. The van der Waals surface area contributed by atoms with Crippen LogP contribution >= 0.6 is 12.4 Å². The van der Waals surface area contributed by atoms with E-state index in [0.717, 1.165) is 38.0 Å². The van der Waals surface area contributed by atoms with Gasteiger partial charge in [0.25, 0.3) is 0 Å². The zero-order valence-electron chi connectivity index (χ0n) is 15.9. The van der Waals surface area contributed by atoms with Gasteiger partial charge >= 0.3 is 0 Å². The Balaban J connectivity index is 0.00000210. The number of carbonyl (C=O) groups excluding carboxylic acids is 2. The number of nitrogens with zero attached hydrogens (tertiary/aromatic N) is 3. The molecule has 27 heavy (non-hydrogen) atoms. The van der Waals surface area contributed by atoms with Gasteiger partial charge in [-0.3, -0.25) is 14.3 Å². The summed E-state index contributed by atoms with van der Waals surface area (Å²) in [5.41, 5.74) is 1.12. The lowest BCUT2D eigenvalue weighted by molar-refractivity contribution is -0.139. The van der Waals surface area contributed by atoms with Crippen molar-refractivity contribution in [1.82, 2.24) is 25.3 Å². The first-order chi connectivity index (χ1) is 12.6. The van der Waals surface area contributed by atoms with E-state index in [0.29, 0.717) is 19.0 Å². The largest absolute Gasteiger partial charge is 0.356 e. The fourth-order valence-corrected chi connectivity index (χ4v) is 4.26. The molecule has 3 fully saturated rings. The molecule has 2 N–H and O–H groups in total. The average molecular weight is 396 g/mol. The first-order valence-electron chi connectivity index (χ1n) is 9.87. The van der Waals surface area contributed by atoms with E-state index >= 15 is 0 Å². The monoisotopic (exact) mass is 395 g/mol. The Labute approximate surface area is 166 Å². The molecule has 0 spiro atoms.